The number of esters is 1. The summed E-state index contributed by atoms with van der Waals surface area (Å²) < 4.78 is 18.8. The second-order valence-corrected chi connectivity index (χ2v) is 11.7. The number of benzene rings is 1. The SMILES string of the molecule is CCCC1=C(C(=O)OCC)[C@H](c2cc(Cl)ccc2OC)n2c(s/c(=C\c3ccc(Sc4nc(C)cc(=O)[nH]4)o3)c2=O)=N1. The zero-order chi connectivity index (χ0) is 30.0. The zero-order valence-electron chi connectivity index (χ0n) is 23.2. The lowest BCUT2D eigenvalue weighted by molar-refractivity contribution is -0.139. The summed E-state index contributed by atoms with van der Waals surface area (Å²) in [4.78, 5) is 51.3. The average molecular weight is 627 g/mol. The third-order valence-corrected chi connectivity index (χ3v) is 8.32. The highest BCUT2D eigenvalue weighted by Crippen LogP contribution is 2.38. The molecule has 0 saturated carbocycles. The van der Waals surface area contributed by atoms with E-state index in [9.17, 15) is 14.4 Å². The number of thiazole rings is 1. The minimum Gasteiger partial charge on any atom is -0.496 e. The third-order valence-electron chi connectivity index (χ3n) is 6.30. The van der Waals surface area contributed by atoms with Crippen LogP contribution in [0.4, 0.5) is 0 Å². The molecule has 1 aliphatic rings. The Morgan fingerprint density at radius 2 is 2.05 bits per heavy atom. The van der Waals surface area contributed by atoms with Crippen LogP contribution >= 0.6 is 34.7 Å². The molecule has 0 spiro atoms. The Bertz CT molecular complexity index is 1940. The Balaban J connectivity index is 1.65. The fourth-order valence-corrected chi connectivity index (χ4v) is 6.61. The van der Waals surface area contributed by atoms with Gasteiger partial charge in [-0.2, -0.15) is 0 Å². The Kier molecular flexibility index (Phi) is 8.85. The fourth-order valence-electron chi connectivity index (χ4n) is 4.63. The topological polar surface area (TPSA) is 129 Å². The molecule has 0 bridgehead atoms. The van der Waals surface area contributed by atoms with Gasteiger partial charge in [0.1, 0.15) is 17.6 Å². The van der Waals surface area contributed by atoms with Gasteiger partial charge in [0, 0.05) is 28.4 Å². The predicted octanol–water partition coefficient (Wildman–Crippen LogP) is 4.38. The number of hydrogen-bond acceptors (Lipinski definition) is 10. The van der Waals surface area contributed by atoms with E-state index in [2.05, 4.69) is 9.97 Å². The zero-order valence-corrected chi connectivity index (χ0v) is 25.6. The molecule has 1 atom stereocenters. The molecule has 1 N–H and O–H groups in total. The van der Waals surface area contributed by atoms with Gasteiger partial charge in [0.25, 0.3) is 11.1 Å². The Hall–Kier alpha value is -3.87. The van der Waals surface area contributed by atoms with Gasteiger partial charge >= 0.3 is 5.97 Å². The number of fused-ring (bicyclic) bond motifs is 1. The highest BCUT2D eigenvalue weighted by Gasteiger charge is 2.36. The van der Waals surface area contributed by atoms with Crippen molar-refractivity contribution in [3.8, 4) is 5.75 Å². The van der Waals surface area contributed by atoms with Crippen LogP contribution in [0.25, 0.3) is 6.08 Å². The van der Waals surface area contributed by atoms with Gasteiger partial charge in [-0.3, -0.25) is 14.2 Å². The van der Waals surface area contributed by atoms with Gasteiger partial charge < -0.3 is 18.9 Å². The Morgan fingerprint density at radius 3 is 2.76 bits per heavy atom. The minimum atomic E-state index is -0.871. The number of furan rings is 1. The number of aryl methyl sites for hydroxylation is 1. The predicted molar refractivity (Wildman–Crippen MR) is 160 cm³/mol. The van der Waals surface area contributed by atoms with E-state index in [1.54, 1.807) is 50.3 Å². The smallest absolute Gasteiger partial charge is 0.338 e. The molecule has 0 unspecified atom stereocenters. The van der Waals surface area contributed by atoms with Gasteiger partial charge in [0.05, 0.1) is 29.5 Å². The number of nitrogens with zero attached hydrogens (tertiary/aromatic N) is 3. The molecule has 0 fully saturated rings. The van der Waals surface area contributed by atoms with Crippen molar-refractivity contribution in [3.05, 3.63) is 99.7 Å². The molecule has 42 heavy (non-hydrogen) atoms. The number of aromatic nitrogens is 3. The highest BCUT2D eigenvalue weighted by molar-refractivity contribution is 7.99. The van der Waals surface area contributed by atoms with E-state index < -0.39 is 12.0 Å². The highest BCUT2D eigenvalue weighted by atomic mass is 35.5. The lowest BCUT2D eigenvalue weighted by Crippen LogP contribution is -2.40. The van der Waals surface area contributed by atoms with Crippen LogP contribution in [-0.4, -0.2) is 34.2 Å². The van der Waals surface area contributed by atoms with Gasteiger partial charge in [-0.25, -0.2) is 14.8 Å². The van der Waals surface area contributed by atoms with E-state index in [0.29, 0.717) is 59.5 Å². The molecular formula is C29H27ClN4O6S2. The maximum atomic E-state index is 14.0. The lowest BCUT2D eigenvalue weighted by Gasteiger charge is -2.27. The quantitative estimate of drug-likeness (QED) is 0.214. The van der Waals surface area contributed by atoms with Crippen molar-refractivity contribution in [1.29, 1.82) is 0 Å². The van der Waals surface area contributed by atoms with Gasteiger partial charge in [0.15, 0.2) is 15.1 Å². The number of halogens is 1. The van der Waals surface area contributed by atoms with E-state index in [1.807, 2.05) is 6.92 Å². The molecule has 0 saturated heterocycles. The summed E-state index contributed by atoms with van der Waals surface area (Å²) in [6.45, 7) is 5.61. The molecule has 218 valence electrons. The van der Waals surface area contributed by atoms with Crippen LogP contribution in [0.2, 0.25) is 5.02 Å². The number of ether oxygens (including phenoxy) is 2. The van der Waals surface area contributed by atoms with Crippen LogP contribution in [0.5, 0.6) is 5.75 Å². The van der Waals surface area contributed by atoms with Crippen LogP contribution in [0.3, 0.4) is 0 Å². The maximum absolute atomic E-state index is 14.0. The number of nitrogens with one attached hydrogen (secondary N) is 1. The van der Waals surface area contributed by atoms with Gasteiger partial charge in [-0.15, -0.1) is 0 Å². The third kappa shape index (κ3) is 6.01. The first kappa shape index (κ1) is 29.6. The Labute approximate surface area is 253 Å². The molecule has 13 heteroatoms. The molecule has 10 nitrogen and oxygen atoms in total. The normalized spacial score (nSPS) is 15.0. The number of methoxy groups -OCH3 is 1. The van der Waals surface area contributed by atoms with E-state index in [-0.39, 0.29) is 23.3 Å². The summed E-state index contributed by atoms with van der Waals surface area (Å²) in [5.74, 6) is 0.337. The number of rotatable bonds is 9. The van der Waals surface area contributed by atoms with Gasteiger partial charge in [-0.1, -0.05) is 36.3 Å². The Morgan fingerprint density at radius 1 is 1.24 bits per heavy atom. The molecule has 0 aliphatic carbocycles. The van der Waals surface area contributed by atoms with Crippen molar-refractivity contribution >= 4 is 46.7 Å². The molecule has 3 aromatic heterocycles. The summed E-state index contributed by atoms with van der Waals surface area (Å²) in [6.07, 6.45) is 2.86. The number of carbonyl (C=O) groups excluding carboxylic acids is 1. The molecule has 1 aliphatic heterocycles. The van der Waals surface area contributed by atoms with E-state index in [0.717, 1.165) is 18.2 Å². The first-order valence-corrected chi connectivity index (χ1v) is 15.1. The van der Waals surface area contributed by atoms with Crippen LogP contribution in [0.15, 0.2) is 76.9 Å². The fraction of sp³-hybridized carbons (Fsp3) is 0.276. The van der Waals surface area contributed by atoms with E-state index >= 15 is 0 Å². The van der Waals surface area contributed by atoms with E-state index in [1.165, 1.54) is 29.1 Å². The summed E-state index contributed by atoms with van der Waals surface area (Å²) in [5.41, 5.74) is 1.33. The molecule has 0 radical (unpaired) electrons. The second-order valence-electron chi connectivity index (χ2n) is 9.25. The average Bonchev–Trinajstić information content (AvgIpc) is 3.50. The molecule has 0 amide bonds. The molecule has 5 rings (SSSR count). The molecular weight excluding hydrogens is 600 g/mol. The number of aromatic amines is 1. The van der Waals surface area contributed by atoms with Crippen molar-refractivity contribution < 1.29 is 18.7 Å². The summed E-state index contributed by atoms with van der Waals surface area (Å²) in [7, 11) is 1.52. The molecule has 1 aromatic carbocycles. The molecule has 4 heterocycles. The number of H-pyrrole nitrogens is 1. The summed E-state index contributed by atoms with van der Waals surface area (Å²) in [6, 6.07) is 9.06. The standard InChI is InChI=1S/C29H27ClN4O6S2/c1-5-7-19-24(27(37)39-6-2)25(18-13-16(30)8-10-20(18)38-4)34-26(36)21(41-29(34)32-19)14-17-9-11-23(40-17)42-28-31-15(3)12-22(35)33-28/h8-14,25H,5-7H2,1-4H3,(H,31,33,35)/b21-14-/t25-/m0/s1. The van der Waals surface area contributed by atoms with Crippen LogP contribution < -0.4 is 25.2 Å². The first-order valence-electron chi connectivity index (χ1n) is 13.1. The van der Waals surface area contributed by atoms with Crippen molar-refractivity contribution in [2.45, 2.75) is 49.9 Å². The summed E-state index contributed by atoms with van der Waals surface area (Å²) >= 11 is 8.74. The van der Waals surface area contributed by atoms with Crippen LogP contribution in [-0.2, 0) is 9.53 Å². The van der Waals surface area contributed by atoms with E-state index in [4.69, 9.17) is 30.5 Å². The van der Waals surface area contributed by atoms with Crippen molar-refractivity contribution in [2.24, 2.45) is 4.99 Å². The van der Waals surface area contributed by atoms with Gasteiger partial charge in [0.2, 0.25) is 0 Å². The maximum Gasteiger partial charge on any atom is 0.338 e. The number of carbonyl (C=O) groups is 1. The van der Waals surface area contributed by atoms with Crippen molar-refractivity contribution in [1.82, 2.24) is 14.5 Å². The lowest BCUT2D eigenvalue weighted by atomic mass is 9.93. The van der Waals surface area contributed by atoms with Gasteiger partial charge in [-0.05, 0) is 62.4 Å². The monoisotopic (exact) mass is 626 g/mol. The largest absolute Gasteiger partial charge is 0.496 e. The number of allylic oxidation sites excluding steroid dienone is 1. The number of hydrogen-bond donors (Lipinski definition) is 1. The first-order chi connectivity index (χ1) is 20.2. The molecule has 4 aromatic rings. The van der Waals surface area contributed by atoms with Crippen molar-refractivity contribution in [2.75, 3.05) is 13.7 Å². The van der Waals surface area contributed by atoms with Crippen molar-refractivity contribution in [3.63, 3.8) is 0 Å². The second kappa shape index (κ2) is 12.6. The van der Waals surface area contributed by atoms with Crippen LogP contribution in [0, 0.1) is 6.92 Å². The minimum absolute atomic E-state index is 0.163. The summed E-state index contributed by atoms with van der Waals surface area (Å²) in [5, 5.41) is 1.31. The van der Waals surface area contributed by atoms with Crippen LogP contribution in [0.1, 0.15) is 49.7 Å².